The normalized spacial score (nSPS) is 9.30. The summed E-state index contributed by atoms with van der Waals surface area (Å²) in [6.07, 6.45) is 0. The molecule has 0 aliphatic rings. The molecule has 0 spiro atoms. The van der Waals surface area contributed by atoms with Crippen LogP contribution in [0, 0.1) is 0 Å². The smallest absolute Gasteiger partial charge is 0.248 e. The Hall–Kier alpha value is -0.880. The van der Waals surface area contributed by atoms with E-state index in [9.17, 15) is 4.79 Å². The van der Waals surface area contributed by atoms with Crippen LogP contribution in [-0.2, 0) is 0 Å². The van der Waals surface area contributed by atoms with Crippen LogP contribution in [0.25, 0.3) is 0 Å². The summed E-state index contributed by atoms with van der Waals surface area (Å²) in [5, 5.41) is 1.05. The molecule has 3 heteroatoms. The lowest BCUT2D eigenvalue weighted by Gasteiger charge is -1.93. The van der Waals surface area contributed by atoms with Gasteiger partial charge in [0, 0.05) is 5.56 Å². The van der Waals surface area contributed by atoms with Gasteiger partial charge >= 0.3 is 0 Å². The number of primary amides is 1. The van der Waals surface area contributed by atoms with Crippen molar-refractivity contribution in [1.29, 1.82) is 0 Å². The second-order valence-corrected chi connectivity index (χ2v) is 2.65. The standard InChI is InChI=1S/C7H8NOP/c8-7(9)5-1-3-6(10)4-2-5/h1-4H,10H2,(H2,8,9). The van der Waals surface area contributed by atoms with Gasteiger partial charge in [-0.05, 0) is 17.4 Å². The summed E-state index contributed by atoms with van der Waals surface area (Å²) in [7, 11) is 2.53. The van der Waals surface area contributed by atoms with Crippen LogP contribution in [0.5, 0.6) is 0 Å². The molecule has 0 heterocycles. The molecule has 0 fully saturated rings. The van der Waals surface area contributed by atoms with Gasteiger partial charge in [0.1, 0.15) is 0 Å². The molecular formula is C7H8NOP. The van der Waals surface area contributed by atoms with E-state index < -0.39 is 0 Å². The molecule has 1 rings (SSSR count). The molecule has 1 aromatic rings. The second kappa shape index (κ2) is 2.80. The topological polar surface area (TPSA) is 43.1 Å². The Labute approximate surface area is 61.6 Å². The third kappa shape index (κ3) is 1.55. The third-order valence-electron chi connectivity index (χ3n) is 1.20. The quantitative estimate of drug-likeness (QED) is 0.579. The first-order valence-corrected chi connectivity index (χ1v) is 3.43. The van der Waals surface area contributed by atoms with Crippen LogP contribution < -0.4 is 11.0 Å². The van der Waals surface area contributed by atoms with Crippen molar-refractivity contribution in [2.75, 3.05) is 0 Å². The third-order valence-corrected chi connectivity index (χ3v) is 1.58. The van der Waals surface area contributed by atoms with Gasteiger partial charge in [0.2, 0.25) is 5.91 Å². The number of rotatable bonds is 1. The Balaban J connectivity index is 3.00. The molecule has 0 bridgehead atoms. The van der Waals surface area contributed by atoms with Gasteiger partial charge in [-0.25, -0.2) is 0 Å². The number of hydrogen-bond acceptors (Lipinski definition) is 1. The average molecular weight is 153 g/mol. The van der Waals surface area contributed by atoms with Crippen LogP contribution in [0.2, 0.25) is 0 Å². The summed E-state index contributed by atoms with van der Waals surface area (Å²) in [4.78, 5) is 10.5. The minimum absolute atomic E-state index is 0.384. The second-order valence-electron chi connectivity index (χ2n) is 1.99. The van der Waals surface area contributed by atoms with E-state index in [0.29, 0.717) is 5.56 Å². The first kappa shape index (κ1) is 7.23. The maximum Gasteiger partial charge on any atom is 0.248 e. The van der Waals surface area contributed by atoms with Crippen molar-refractivity contribution in [3.05, 3.63) is 29.8 Å². The lowest BCUT2D eigenvalue weighted by atomic mass is 10.2. The molecule has 1 atom stereocenters. The van der Waals surface area contributed by atoms with Crippen LogP contribution in [-0.4, -0.2) is 5.91 Å². The van der Waals surface area contributed by atoms with Crippen molar-refractivity contribution in [2.45, 2.75) is 0 Å². The van der Waals surface area contributed by atoms with Crippen LogP contribution >= 0.6 is 9.24 Å². The van der Waals surface area contributed by atoms with Gasteiger partial charge in [0.25, 0.3) is 0 Å². The van der Waals surface area contributed by atoms with Crippen molar-refractivity contribution >= 4 is 20.5 Å². The van der Waals surface area contributed by atoms with E-state index >= 15 is 0 Å². The van der Waals surface area contributed by atoms with E-state index in [-0.39, 0.29) is 5.91 Å². The van der Waals surface area contributed by atoms with Gasteiger partial charge in [0.15, 0.2) is 0 Å². The fraction of sp³-hybridized carbons (Fsp3) is 0. The van der Waals surface area contributed by atoms with Crippen molar-refractivity contribution in [3.63, 3.8) is 0 Å². The number of benzene rings is 1. The summed E-state index contributed by atoms with van der Waals surface area (Å²) >= 11 is 0. The molecule has 1 unspecified atom stereocenters. The number of carbonyl (C=O) groups is 1. The minimum Gasteiger partial charge on any atom is -0.366 e. The van der Waals surface area contributed by atoms with Crippen molar-refractivity contribution in [2.24, 2.45) is 5.73 Å². The molecular weight excluding hydrogens is 145 g/mol. The number of amides is 1. The van der Waals surface area contributed by atoms with Crippen LogP contribution in [0.15, 0.2) is 24.3 Å². The average Bonchev–Trinajstić information content (AvgIpc) is 1.88. The molecule has 0 aliphatic heterocycles. The Bertz CT molecular complexity index is 242. The Morgan fingerprint density at radius 1 is 1.30 bits per heavy atom. The molecule has 0 radical (unpaired) electrons. The Kier molecular flexibility index (Phi) is 2.03. The highest BCUT2D eigenvalue weighted by atomic mass is 31.0. The summed E-state index contributed by atoms with van der Waals surface area (Å²) in [5.41, 5.74) is 5.57. The maximum atomic E-state index is 10.5. The first-order chi connectivity index (χ1) is 4.70. The molecule has 0 saturated carbocycles. The predicted molar refractivity (Wildman–Crippen MR) is 44.3 cm³/mol. The number of nitrogens with two attached hydrogens (primary N) is 1. The summed E-state index contributed by atoms with van der Waals surface area (Å²) in [6.45, 7) is 0. The molecule has 2 nitrogen and oxygen atoms in total. The van der Waals surface area contributed by atoms with E-state index in [1.165, 1.54) is 0 Å². The summed E-state index contributed by atoms with van der Waals surface area (Å²) in [5.74, 6) is -0.384. The van der Waals surface area contributed by atoms with Crippen LogP contribution in [0.3, 0.4) is 0 Å². The molecule has 0 saturated heterocycles. The van der Waals surface area contributed by atoms with Gasteiger partial charge in [0.05, 0.1) is 0 Å². The molecule has 52 valence electrons. The largest absolute Gasteiger partial charge is 0.366 e. The van der Waals surface area contributed by atoms with Crippen molar-refractivity contribution < 1.29 is 4.79 Å². The van der Waals surface area contributed by atoms with E-state index in [2.05, 4.69) is 9.24 Å². The SMILES string of the molecule is NC(=O)c1ccc(P)cc1. The fourth-order valence-corrected chi connectivity index (χ4v) is 0.840. The number of hydrogen-bond donors (Lipinski definition) is 1. The van der Waals surface area contributed by atoms with Gasteiger partial charge in [-0.1, -0.05) is 12.1 Å². The van der Waals surface area contributed by atoms with Gasteiger partial charge in [-0.15, -0.1) is 9.24 Å². The van der Waals surface area contributed by atoms with E-state index in [4.69, 9.17) is 5.73 Å². The zero-order valence-corrected chi connectivity index (χ0v) is 6.53. The van der Waals surface area contributed by atoms with E-state index in [0.717, 1.165) is 5.30 Å². The molecule has 1 amide bonds. The Morgan fingerprint density at radius 3 is 2.20 bits per heavy atom. The zero-order chi connectivity index (χ0) is 7.56. The first-order valence-electron chi connectivity index (χ1n) is 2.85. The fourth-order valence-electron chi connectivity index (χ4n) is 0.647. The highest BCUT2D eigenvalue weighted by Gasteiger charge is 1.95. The van der Waals surface area contributed by atoms with E-state index in [1.54, 1.807) is 12.1 Å². The van der Waals surface area contributed by atoms with Crippen molar-refractivity contribution in [1.82, 2.24) is 0 Å². The Morgan fingerprint density at radius 2 is 1.80 bits per heavy atom. The lowest BCUT2D eigenvalue weighted by Crippen LogP contribution is -2.11. The molecule has 0 aliphatic carbocycles. The summed E-state index contributed by atoms with van der Waals surface area (Å²) in [6, 6.07) is 7.05. The van der Waals surface area contributed by atoms with E-state index in [1.807, 2.05) is 12.1 Å². The summed E-state index contributed by atoms with van der Waals surface area (Å²) < 4.78 is 0. The molecule has 10 heavy (non-hydrogen) atoms. The van der Waals surface area contributed by atoms with Gasteiger partial charge in [-0.2, -0.15) is 0 Å². The van der Waals surface area contributed by atoms with Crippen molar-refractivity contribution in [3.8, 4) is 0 Å². The molecule has 0 aromatic heterocycles. The van der Waals surface area contributed by atoms with Crippen LogP contribution in [0.4, 0.5) is 0 Å². The van der Waals surface area contributed by atoms with Gasteiger partial charge < -0.3 is 5.73 Å². The molecule has 2 N–H and O–H groups in total. The van der Waals surface area contributed by atoms with Gasteiger partial charge in [-0.3, -0.25) is 4.79 Å². The monoisotopic (exact) mass is 153 g/mol. The lowest BCUT2D eigenvalue weighted by molar-refractivity contribution is 0.100. The zero-order valence-electron chi connectivity index (χ0n) is 5.37. The molecule has 1 aromatic carbocycles. The van der Waals surface area contributed by atoms with Crippen LogP contribution in [0.1, 0.15) is 10.4 Å². The maximum absolute atomic E-state index is 10.5. The minimum atomic E-state index is -0.384. The number of carbonyl (C=O) groups excluding carboxylic acids is 1. The predicted octanol–water partition coefficient (Wildman–Crippen LogP) is 0.286. The highest BCUT2D eigenvalue weighted by Crippen LogP contribution is 1.96. The highest BCUT2D eigenvalue weighted by molar-refractivity contribution is 7.27.